The molecular formula is C16H18Cl2O2. The summed E-state index contributed by atoms with van der Waals surface area (Å²) in [6, 6.07) is 5.57. The Morgan fingerprint density at radius 3 is 2.45 bits per heavy atom. The minimum absolute atomic E-state index is 0.204. The number of carbonyl (C=O) groups excluding carboxylic acids is 1. The van der Waals surface area contributed by atoms with Crippen molar-refractivity contribution >= 4 is 29.0 Å². The van der Waals surface area contributed by atoms with Gasteiger partial charge < -0.3 is 5.11 Å². The van der Waals surface area contributed by atoms with Crippen LogP contribution in [0.3, 0.4) is 0 Å². The first-order valence-electron chi connectivity index (χ1n) is 7.21. The van der Waals surface area contributed by atoms with Gasteiger partial charge in [-0.1, -0.05) is 35.7 Å². The molecule has 2 nitrogen and oxygen atoms in total. The lowest BCUT2D eigenvalue weighted by molar-refractivity contribution is -0.127. The summed E-state index contributed by atoms with van der Waals surface area (Å²) in [4.78, 5) is 11.9. The van der Waals surface area contributed by atoms with E-state index in [1.165, 1.54) is 0 Å². The summed E-state index contributed by atoms with van der Waals surface area (Å²) in [7, 11) is 0. The topological polar surface area (TPSA) is 37.3 Å². The van der Waals surface area contributed by atoms with Crippen LogP contribution in [0.15, 0.2) is 18.2 Å². The van der Waals surface area contributed by atoms with E-state index in [0.717, 1.165) is 37.7 Å². The van der Waals surface area contributed by atoms with Gasteiger partial charge in [0.1, 0.15) is 5.78 Å². The quantitative estimate of drug-likeness (QED) is 0.910. The number of benzene rings is 1. The Kier molecular flexibility index (Phi) is 3.83. The Balaban J connectivity index is 1.94. The summed E-state index contributed by atoms with van der Waals surface area (Å²) in [5.74, 6) is 0.00795. The van der Waals surface area contributed by atoms with Gasteiger partial charge in [-0.05, 0) is 43.4 Å². The summed E-state index contributed by atoms with van der Waals surface area (Å²) < 4.78 is 0. The molecule has 0 amide bonds. The van der Waals surface area contributed by atoms with Crippen LogP contribution in [0.2, 0.25) is 10.0 Å². The number of hydrogen-bond acceptors (Lipinski definition) is 2. The molecule has 1 aromatic carbocycles. The Labute approximate surface area is 129 Å². The van der Waals surface area contributed by atoms with Gasteiger partial charge in [0.15, 0.2) is 0 Å². The number of rotatable bonds is 3. The molecule has 1 N–H and O–H groups in total. The standard InChI is InChI=1S/C16H18Cl2O2/c17-12-6-5-10(9-13(12)18)16(7-2-8-16)15(20)11-3-1-4-14(11)19/h5-6,9,11,15,20H,1-4,7-8H2/t11-,15-/m0/s1. The first-order chi connectivity index (χ1) is 9.54. The minimum atomic E-state index is -0.594. The number of carbonyl (C=O) groups is 1. The van der Waals surface area contributed by atoms with Gasteiger partial charge in [0.2, 0.25) is 0 Å². The predicted octanol–water partition coefficient (Wildman–Crippen LogP) is 4.15. The molecule has 2 saturated carbocycles. The zero-order valence-corrected chi connectivity index (χ0v) is 12.8. The molecule has 0 spiro atoms. The van der Waals surface area contributed by atoms with E-state index >= 15 is 0 Å². The van der Waals surface area contributed by atoms with Gasteiger partial charge in [0.05, 0.1) is 16.1 Å². The maximum atomic E-state index is 11.9. The van der Waals surface area contributed by atoms with E-state index in [-0.39, 0.29) is 17.1 Å². The highest BCUT2D eigenvalue weighted by atomic mass is 35.5. The highest BCUT2D eigenvalue weighted by Gasteiger charge is 2.50. The molecular weight excluding hydrogens is 295 g/mol. The van der Waals surface area contributed by atoms with Crippen LogP contribution in [-0.2, 0) is 10.2 Å². The lowest BCUT2D eigenvalue weighted by atomic mass is 9.58. The summed E-state index contributed by atoms with van der Waals surface area (Å²) in [5, 5.41) is 11.8. The molecule has 20 heavy (non-hydrogen) atoms. The first kappa shape index (κ1) is 14.4. The zero-order valence-electron chi connectivity index (χ0n) is 11.2. The fourth-order valence-electron chi connectivity index (χ4n) is 3.68. The molecule has 0 radical (unpaired) electrons. The Morgan fingerprint density at radius 1 is 1.20 bits per heavy atom. The van der Waals surface area contributed by atoms with E-state index < -0.39 is 6.10 Å². The number of Topliss-reactive ketones (excluding diaryl/α,β-unsaturated/α-hetero) is 1. The third-order valence-corrected chi connectivity index (χ3v) is 5.78. The molecule has 2 fully saturated rings. The Bertz CT molecular complexity index is 537. The van der Waals surface area contributed by atoms with E-state index in [2.05, 4.69) is 0 Å². The average Bonchev–Trinajstić information content (AvgIpc) is 2.78. The first-order valence-corrected chi connectivity index (χ1v) is 7.96. The van der Waals surface area contributed by atoms with Crippen LogP contribution in [0.4, 0.5) is 0 Å². The van der Waals surface area contributed by atoms with Crippen molar-refractivity contribution in [3.05, 3.63) is 33.8 Å². The van der Waals surface area contributed by atoms with Crippen LogP contribution in [0.1, 0.15) is 44.1 Å². The summed E-state index contributed by atoms with van der Waals surface area (Å²) in [6.45, 7) is 0. The number of ketones is 1. The normalized spacial score (nSPS) is 26.4. The van der Waals surface area contributed by atoms with Crippen LogP contribution in [-0.4, -0.2) is 17.0 Å². The van der Waals surface area contributed by atoms with Crippen LogP contribution >= 0.6 is 23.2 Å². The zero-order chi connectivity index (χ0) is 14.3. The second-order valence-corrected chi connectivity index (χ2v) is 6.86. The number of hydrogen-bond donors (Lipinski definition) is 1. The summed E-state index contributed by atoms with van der Waals surface area (Å²) in [5.41, 5.74) is 0.712. The van der Waals surface area contributed by atoms with E-state index in [1.807, 2.05) is 12.1 Å². The van der Waals surface area contributed by atoms with Crippen LogP contribution < -0.4 is 0 Å². The van der Waals surface area contributed by atoms with E-state index in [4.69, 9.17) is 23.2 Å². The van der Waals surface area contributed by atoms with Crippen molar-refractivity contribution in [3.8, 4) is 0 Å². The van der Waals surface area contributed by atoms with Crippen LogP contribution in [0.5, 0.6) is 0 Å². The highest BCUT2D eigenvalue weighted by molar-refractivity contribution is 6.42. The maximum Gasteiger partial charge on any atom is 0.138 e. The minimum Gasteiger partial charge on any atom is -0.391 e. The monoisotopic (exact) mass is 312 g/mol. The fraction of sp³-hybridized carbons (Fsp3) is 0.562. The molecule has 0 aromatic heterocycles. The number of aliphatic hydroxyl groups excluding tert-OH is 1. The van der Waals surface area contributed by atoms with Gasteiger partial charge in [-0.3, -0.25) is 4.79 Å². The number of aliphatic hydroxyl groups is 1. The largest absolute Gasteiger partial charge is 0.391 e. The highest BCUT2D eigenvalue weighted by Crippen LogP contribution is 2.50. The SMILES string of the molecule is O=C1CCC[C@@H]1[C@H](O)C1(c2ccc(Cl)c(Cl)c2)CCC1. The summed E-state index contributed by atoms with van der Waals surface area (Å²) in [6.07, 6.45) is 4.63. The molecule has 108 valence electrons. The lowest BCUT2D eigenvalue weighted by Gasteiger charge is -2.48. The molecule has 0 unspecified atom stereocenters. The van der Waals surface area contributed by atoms with Crippen LogP contribution in [0, 0.1) is 5.92 Å². The van der Waals surface area contributed by atoms with Gasteiger partial charge in [-0.25, -0.2) is 0 Å². The van der Waals surface area contributed by atoms with Crippen LogP contribution in [0.25, 0.3) is 0 Å². The fourth-order valence-corrected chi connectivity index (χ4v) is 3.98. The predicted molar refractivity (Wildman–Crippen MR) is 80.3 cm³/mol. The molecule has 2 aliphatic rings. The molecule has 4 heteroatoms. The smallest absolute Gasteiger partial charge is 0.138 e. The van der Waals surface area contributed by atoms with Crippen molar-refractivity contribution in [2.45, 2.75) is 50.0 Å². The molecule has 0 saturated heterocycles. The second kappa shape index (κ2) is 5.32. The van der Waals surface area contributed by atoms with Gasteiger partial charge in [0, 0.05) is 17.8 Å². The molecule has 0 heterocycles. The Morgan fingerprint density at radius 2 is 1.95 bits per heavy atom. The van der Waals surface area contributed by atoms with Gasteiger partial charge in [-0.15, -0.1) is 0 Å². The van der Waals surface area contributed by atoms with E-state index in [0.29, 0.717) is 16.5 Å². The molecule has 0 bridgehead atoms. The molecule has 3 rings (SSSR count). The molecule has 0 aliphatic heterocycles. The maximum absolute atomic E-state index is 11.9. The third kappa shape index (κ3) is 2.18. The Hall–Kier alpha value is -0.570. The van der Waals surface area contributed by atoms with Gasteiger partial charge in [-0.2, -0.15) is 0 Å². The van der Waals surface area contributed by atoms with Crippen molar-refractivity contribution in [1.29, 1.82) is 0 Å². The summed E-state index contributed by atoms with van der Waals surface area (Å²) >= 11 is 12.1. The van der Waals surface area contributed by atoms with Crippen molar-refractivity contribution in [1.82, 2.24) is 0 Å². The van der Waals surface area contributed by atoms with Gasteiger partial charge in [0.25, 0.3) is 0 Å². The van der Waals surface area contributed by atoms with E-state index in [1.54, 1.807) is 6.07 Å². The van der Waals surface area contributed by atoms with Crippen molar-refractivity contribution < 1.29 is 9.90 Å². The molecule has 2 atom stereocenters. The number of halogens is 2. The molecule has 1 aromatic rings. The van der Waals surface area contributed by atoms with E-state index in [9.17, 15) is 9.90 Å². The van der Waals surface area contributed by atoms with Crippen molar-refractivity contribution in [2.75, 3.05) is 0 Å². The molecule has 2 aliphatic carbocycles. The lowest BCUT2D eigenvalue weighted by Crippen LogP contribution is -2.50. The second-order valence-electron chi connectivity index (χ2n) is 6.05. The van der Waals surface area contributed by atoms with Crippen molar-refractivity contribution in [3.63, 3.8) is 0 Å². The average molecular weight is 313 g/mol. The third-order valence-electron chi connectivity index (χ3n) is 5.04. The van der Waals surface area contributed by atoms with Gasteiger partial charge >= 0.3 is 0 Å². The van der Waals surface area contributed by atoms with Crippen molar-refractivity contribution in [2.24, 2.45) is 5.92 Å².